The lowest BCUT2D eigenvalue weighted by molar-refractivity contribution is -0.133. The van der Waals surface area contributed by atoms with Crippen molar-refractivity contribution in [2.45, 2.75) is 64.8 Å². The van der Waals surface area contributed by atoms with Crippen molar-refractivity contribution in [1.82, 2.24) is 5.32 Å². The quantitative estimate of drug-likeness (QED) is 0.732. The second-order valence-corrected chi connectivity index (χ2v) is 8.01. The van der Waals surface area contributed by atoms with Gasteiger partial charge in [0.05, 0.1) is 25.9 Å². The van der Waals surface area contributed by atoms with E-state index in [9.17, 15) is 4.79 Å². The van der Waals surface area contributed by atoms with Gasteiger partial charge in [0.25, 0.3) is 0 Å². The predicted octanol–water partition coefficient (Wildman–Crippen LogP) is 3.80. The highest BCUT2D eigenvalue weighted by Gasteiger charge is 2.31. The van der Waals surface area contributed by atoms with Gasteiger partial charge in [-0.05, 0) is 40.2 Å². The van der Waals surface area contributed by atoms with E-state index in [2.05, 4.69) is 5.32 Å². The smallest absolute Gasteiger partial charge is 0.408 e. The SMILES string of the molecule is CC(C)(C)OC(=O)N[C@H](/C=C/[C@@H]1COC(C)(C)O1)COCc1ccccc1. The molecule has 150 valence electrons. The van der Waals surface area contributed by atoms with E-state index in [4.69, 9.17) is 18.9 Å². The number of rotatable bonds is 7. The lowest BCUT2D eigenvalue weighted by Gasteiger charge is -2.22. The minimum Gasteiger partial charge on any atom is -0.444 e. The molecule has 1 saturated heterocycles. The highest BCUT2D eigenvalue weighted by Crippen LogP contribution is 2.23. The fraction of sp³-hybridized carbons (Fsp3) is 0.571. The molecule has 0 aromatic heterocycles. The van der Waals surface area contributed by atoms with E-state index < -0.39 is 17.5 Å². The summed E-state index contributed by atoms with van der Waals surface area (Å²) >= 11 is 0. The lowest BCUT2D eigenvalue weighted by atomic mass is 10.2. The number of hydrogen-bond donors (Lipinski definition) is 1. The van der Waals surface area contributed by atoms with Crippen LogP contribution in [0.15, 0.2) is 42.5 Å². The van der Waals surface area contributed by atoms with Gasteiger partial charge in [0, 0.05) is 0 Å². The molecule has 2 atom stereocenters. The van der Waals surface area contributed by atoms with Gasteiger partial charge < -0.3 is 24.3 Å². The zero-order valence-corrected chi connectivity index (χ0v) is 16.9. The van der Waals surface area contributed by atoms with E-state index in [-0.39, 0.29) is 12.1 Å². The maximum atomic E-state index is 12.1. The predicted molar refractivity (Wildman–Crippen MR) is 103 cm³/mol. The molecule has 6 nitrogen and oxygen atoms in total. The van der Waals surface area contributed by atoms with Gasteiger partial charge in [-0.25, -0.2) is 4.79 Å². The average Bonchev–Trinajstić information content (AvgIpc) is 2.91. The van der Waals surface area contributed by atoms with E-state index in [1.54, 1.807) is 0 Å². The number of nitrogens with one attached hydrogen (secondary N) is 1. The van der Waals surface area contributed by atoms with Gasteiger partial charge >= 0.3 is 6.09 Å². The summed E-state index contributed by atoms with van der Waals surface area (Å²) < 4.78 is 22.4. The molecule has 1 N–H and O–H groups in total. The minimum atomic E-state index is -0.590. The number of amides is 1. The number of carbonyl (C=O) groups excluding carboxylic acids is 1. The Kier molecular flexibility index (Phi) is 7.41. The molecule has 1 aromatic rings. The summed E-state index contributed by atoms with van der Waals surface area (Å²) in [5, 5.41) is 2.84. The standard InChI is InChI=1S/C21H31NO5/c1-20(2,3)27-19(23)22-17(11-12-18-15-25-21(4,5)26-18)14-24-13-16-9-7-6-8-10-16/h6-12,17-18H,13-15H2,1-5H3,(H,22,23)/b12-11+/t17-,18-/m1/s1. The fourth-order valence-electron chi connectivity index (χ4n) is 2.55. The first-order chi connectivity index (χ1) is 12.6. The van der Waals surface area contributed by atoms with Gasteiger partial charge in [-0.2, -0.15) is 0 Å². The summed E-state index contributed by atoms with van der Waals surface area (Å²) in [5.74, 6) is -0.590. The Hall–Kier alpha value is -1.89. The Morgan fingerprint density at radius 2 is 2.04 bits per heavy atom. The lowest BCUT2D eigenvalue weighted by Crippen LogP contribution is -2.40. The van der Waals surface area contributed by atoms with Crippen LogP contribution in [0.1, 0.15) is 40.2 Å². The molecule has 2 rings (SSSR count). The maximum absolute atomic E-state index is 12.1. The molecule has 1 heterocycles. The molecule has 1 fully saturated rings. The molecule has 1 aliphatic heterocycles. The van der Waals surface area contributed by atoms with Gasteiger partial charge in [-0.15, -0.1) is 0 Å². The monoisotopic (exact) mass is 377 g/mol. The first kappa shape index (κ1) is 21.4. The normalized spacial score (nSPS) is 20.6. The summed E-state index contributed by atoms with van der Waals surface area (Å²) in [7, 11) is 0. The summed E-state index contributed by atoms with van der Waals surface area (Å²) in [5.41, 5.74) is 0.516. The Labute approximate surface area is 161 Å². The van der Waals surface area contributed by atoms with Gasteiger partial charge in [-0.3, -0.25) is 0 Å². The average molecular weight is 377 g/mol. The largest absolute Gasteiger partial charge is 0.444 e. The van der Waals surface area contributed by atoms with Crippen molar-refractivity contribution in [2.75, 3.05) is 13.2 Å². The van der Waals surface area contributed by atoms with E-state index in [0.29, 0.717) is 19.8 Å². The number of alkyl carbamates (subject to hydrolysis) is 1. The van der Waals surface area contributed by atoms with Gasteiger partial charge in [0.15, 0.2) is 5.79 Å². The van der Waals surface area contributed by atoms with Gasteiger partial charge in [-0.1, -0.05) is 42.5 Å². The highest BCUT2D eigenvalue weighted by molar-refractivity contribution is 5.68. The summed E-state index contributed by atoms with van der Waals surface area (Å²) in [4.78, 5) is 12.1. The molecular weight excluding hydrogens is 346 g/mol. The van der Waals surface area contributed by atoms with E-state index in [0.717, 1.165) is 5.56 Å². The molecule has 6 heteroatoms. The van der Waals surface area contributed by atoms with Crippen LogP contribution in [0, 0.1) is 0 Å². The third-order valence-corrected chi connectivity index (χ3v) is 3.70. The zero-order chi connectivity index (χ0) is 19.9. The third kappa shape index (κ3) is 8.56. The Morgan fingerprint density at radius 1 is 1.33 bits per heavy atom. The fourth-order valence-corrected chi connectivity index (χ4v) is 2.55. The molecule has 0 bridgehead atoms. The number of hydrogen-bond acceptors (Lipinski definition) is 5. The molecule has 1 aliphatic rings. The molecule has 27 heavy (non-hydrogen) atoms. The number of benzene rings is 1. The third-order valence-electron chi connectivity index (χ3n) is 3.70. The Morgan fingerprint density at radius 3 is 2.63 bits per heavy atom. The van der Waals surface area contributed by atoms with Crippen LogP contribution in [0.2, 0.25) is 0 Å². The van der Waals surface area contributed by atoms with Crippen LogP contribution in [0.25, 0.3) is 0 Å². The molecule has 1 aromatic carbocycles. The van der Waals surface area contributed by atoms with Crippen molar-refractivity contribution in [2.24, 2.45) is 0 Å². The van der Waals surface area contributed by atoms with Crippen molar-refractivity contribution in [3.05, 3.63) is 48.0 Å². The zero-order valence-electron chi connectivity index (χ0n) is 16.9. The van der Waals surface area contributed by atoms with Crippen molar-refractivity contribution in [3.8, 4) is 0 Å². The van der Waals surface area contributed by atoms with Crippen molar-refractivity contribution in [3.63, 3.8) is 0 Å². The molecule has 0 aliphatic carbocycles. The number of carbonyl (C=O) groups is 1. The summed E-state index contributed by atoms with van der Waals surface area (Å²) in [6, 6.07) is 9.55. The number of ether oxygens (including phenoxy) is 4. The maximum Gasteiger partial charge on any atom is 0.408 e. The van der Waals surface area contributed by atoms with Gasteiger partial charge in [0.2, 0.25) is 0 Å². The molecule has 0 saturated carbocycles. The summed E-state index contributed by atoms with van der Waals surface area (Å²) in [6.45, 7) is 10.5. The Balaban J connectivity index is 1.91. The van der Waals surface area contributed by atoms with Crippen molar-refractivity contribution in [1.29, 1.82) is 0 Å². The van der Waals surface area contributed by atoms with Crippen LogP contribution in [0.5, 0.6) is 0 Å². The minimum absolute atomic E-state index is 0.156. The first-order valence-electron chi connectivity index (χ1n) is 9.24. The van der Waals surface area contributed by atoms with E-state index in [1.807, 2.05) is 77.1 Å². The van der Waals surface area contributed by atoms with Crippen LogP contribution in [-0.2, 0) is 25.6 Å². The van der Waals surface area contributed by atoms with Crippen LogP contribution in [0.4, 0.5) is 4.79 Å². The van der Waals surface area contributed by atoms with Crippen LogP contribution in [0.3, 0.4) is 0 Å². The van der Waals surface area contributed by atoms with E-state index >= 15 is 0 Å². The van der Waals surface area contributed by atoms with Crippen LogP contribution >= 0.6 is 0 Å². The first-order valence-corrected chi connectivity index (χ1v) is 9.24. The summed E-state index contributed by atoms with van der Waals surface area (Å²) in [6.07, 6.45) is 3.12. The molecule has 1 amide bonds. The molecular formula is C21H31NO5. The van der Waals surface area contributed by atoms with Gasteiger partial charge in [0.1, 0.15) is 11.7 Å². The Bertz CT molecular complexity index is 621. The second-order valence-electron chi connectivity index (χ2n) is 8.01. The second kappa shape index (κ2) is 9.35. The van der Waals surface area contributed by atoms with Crippen LogP contribution < -0.4 is 5.32 Å². The van der Waals surface area contributed by atoms with Crippen molar-refractivity contribution < 1.29 is 23.7 Å². The molecule has 0 radical (unpaired) electrons. The van der Waals surface area contributed by atoms with E-state index in [1.165, 1.54) is 0 Å². The molecule has 0 spiro atoms. The highest BCUT2D eigenvalue weighted by atomic mass is 16.7. The topological polar surface area (TPSA) is 66.0 Å². The van der Waals surface area contributed by atoms with Crippen LogP contribution in [-0.4, -0.2) is 42.8 Å². The molecule has 0 unspecified atom stereocenters. The van der Waals surface area contributed by atoms with Crippen molar-refractivity contribution >= 4 is 6.09 Å².